The summed E-state index contributed by atoms with van der Waals surface area (Å²) < 4.78 is 5.61. The first kappa shape index (κ1) is 20.9. The zero-order chi connectivity index (χ0) is 21.5. The van der Waals surface area contributed by atoms with Gasteiger partial charge in [-0.05, 0) is 43.0 Å². The van der Waals surface area contributed by atoms with Gasteiger partial charge in [-0.1, -0.05) is 17.8 Å². The molecule has 0 atom stereocenters. The van der Waals surface area contributed by atoms with Crippen LogP contribution in [0.1, 0.15) is 31.2 Å². The first-order chi connectivity index (χ1) is 15.2. The van der Waals surface area contributed by atoms with Crippen molar-refractivity contribution < 1.29 is 14.6 Å². The lowest BCUT2D eigenvalue weighted by Crippen LogP contribution is -2.05. The van der Waals surface area contributed by atoms with E-state index in [9.17, 15) is 4.79 Å². The lowest BCUT2D eigenvalue weighted by Gasteiger charge is -2.19. The van der Waals surface area contributed by atoms with Crippen molar-refractivity contribution in [3.63, 3.8) is 0 Å². The molecule has 0 unspecified atom stereocenters. The number of nitrogens with zero attached hydrogens (tertiary/aromatic N) is 3. The molecule has 0 amide bonds. The Kier molecular flexibility index (Phi) is 6.83. The van der Waals surface area contributed by atoms with E-state index in [0.29, 0.717) is 25.5 Å². The van der Waals surface area contributed by atoms with E-state index in [0.717, 1.165) is 45.5 Å². The van der Waals surface area contributed by atoms with E-state index in [1.807, 2.05) is 12.1 Å². The molecule has 0 spiro atoms. The molecule has 8 nitrogen and oxygen atoms in total. The fraction of sp³-hybridized carbons (Fsp3) is 0.273. The molecule has 0 aliphatic carbocycles. The normalized spacial score (nSPS) is 11.7. The number of nitrogens with one attached hydrogen (secondary N) is 2. The van der Waals surface area contributed by atoms with Crippen molar-refractivity contribution in [2.45, 2.75) is 42.1 Å². The number of rotatable bonds is 10. The maximum absolute atomic E-state index is 10.5. The summed E-state index contributed by atoms with van der Waals surface area (Å²) in [5.74, 6) is 0.598. The highest BCUT2D eigenvalue weighted by Gasteiger charge is 2.17. The molecule has 4 rings (SSSR count). The van der Waals surface area contributed by atoms with Crippen molar-refractivity contribution in [2.75, 3.05) is 17.2 Å². The van der Waals surface area contributed by atoms with Crippen molar-refractivity contribution in [1.29, 1.82) is 0 Å². The molecule has 1 aliphatic heterocycles. The summed E-state index contributed by atoms with van der Waals surface area (Å²) in [5.41, 5.74) is 3.08. The third-order valence-corrected chi connectivity index (χ3v) is 5.75. The number of benzene rings is 1. The molecule has 31 heavy (non-hydrogen) atoms. The second kappa shape index (κ2) is 10.1. The van der Waals surface area contributed by atoms with Gasteiger partial charge in [0.05, 0.1) is 24.2 Å². The Balaban J connectivity index is 1.24. The quantitative estimate of drug-likeness (QED) is 0.304. The molecule has 1 aliphatic rings. The van der Waals surface area contributed by atoms with E-state index < -0.39 is 5.97 Å². The lowest BCUT2D eigenvalue weighted by molar-refractivity contribution is -0.137. The van der Waals surface area contributed by atoms with Gasteiger partial charge in [0, 0.05) is 36.3 Å². The van der Waals surface area contributed by atoms with Crippen LogP contribution >= 0.6 is 11.8 Å². The minimum Gasteiger partial charge on any atom is -0.481 e. The zero-order valence-electron chi connectivity index (χ0n) is 16.9. The highest BCUT2D eigenvalue weighted by atomic mass is 32.2. The SMILES string of the molecule is O=C(O)CCCCCOc1ccc(NCc2ccc3c(c2)Nc2nccnc2S3)cn1. The van der Waals surface area contributed by atoms with E-state index >= 15 is 0 Å². The highest BCUT2D eigenvalue weighted by Crippen LogP contribution is 2.42. The molecular weight excluding hydrogens is 414 g/mol. The number of ether oxygens (including phenoxy) is 1. The van der Waals surface area contributed by atoms with Crippen LogP contribution in [0.2, 0.25) is 0 Å². The predicted molar refractivity (Wildman–Crippen MR) is 119 cm³/mol. The molecule has 3 aromatic rings. The number of fused-ring (bicyclic) bond motifs is 2. The number of hydrogen-bond donors (Lipinski definition) is 3. The average Bonchev–Trinajstić information content (AvgIpc) is 2.79. The fourth-order valence-electron chi connectivity index (χ4n) is 3.10. The fourth-order valence-corrected chi connectivity index (χ4v) is 3.98. The van der Waals surface area contributed by atoms with Gasteiger partial charge >= 0.3 is 5.97 Å². The van der Waals surface area contributed by atoms with Gasteiger partial charge in [0.2, 0.25) is 5.88 Å². The predicted octanol–water partition coefficient (Wildman–Crippen LogP) is 4.72. The maximum atomic E-state index is 10.5. The Morgan fingerprint density at radius 2 is 2.00 bits per heavy atom. The number of anilines is 3. The number of aromatic nitrogens is 3. The molecule has 3 N–H and O–H groups in total. The smallest absolute Gasteiger partial charge is 0.303 e. The van der Waals surface area contributed by atoms with Gasteiger partial charge in [0.25, 0.3) is 0 Å². The van der Waals surface area contributed by atoms with Crippen LogP contribution in [0.4, 0.5) is 17.2 Å². The largest absolute Gasteiger partial charge is 0.481 e. The molecule has 0 fully saturated rings. The van der Waals surface area contributed by atoms with Gasteiger partial charge < -0.3 is 20.5 Å². The zero-order valence-corrected chi connectivity index (χ0v) is 17.7. The average molecular weight is 438 g/mol. The topological polar surface area (TPSA) is 109 Å². The Labute approximate surface area is 184 Å². The Hall–Kier alpha value is -3.33. The molecule has 160 valence electrons. The number of pyridine rings is 1. The summed E-state index contributed by atoms with van der Waals surface area (Å²) >= 11 is 1.61. The van der Waals surface area contributed by atoms with Gasteiger partial charge in [0.1, 0.15) is 5.03 Å². The number of hydrogen-bond acceptors (Lipinski definition) is 8. The maximum Gasteiger partial charge on any atom is 0.303 e. The number of unbranched alkanes of at least 4 members (excludes halogenated alkanes) is 2. The van der Waals surface area contributed by atoms with Gasteiger partial charge in [-0.2, -0.15) is 0 Å². The number of aliphatic carboxylic acids is 1. The first-order valence-electron chi connectivity index (χ1n) is 10.1. The summed E-state index contributed by atoms with van der Waals surface area (Å²) in [6, 6.07) is 10.1. The lowest BCUT2D eigenvalue weighted by atomic mass is 10.2. The van der Waals surface area contributed by atoms with Crippen LogP contribution in [-0.4, -0.2) is 32.6 Å². The molecule has 3 heterocycles. The summed E-state index contributed by atoms with van der Waals surface area (Å²) in [6.07, 6.45) is 7.66. The Morgan fingerprint density at radius 1 is 1.10 bits per heavy atom. The third-order valence-electron chi connectivity index (χ3n) is 4.69. The van der Waals surface area contributed by atoms with Crippen LogP contribution in [0.15, 0.2) is 58.8 Å². The molecular formula is C22H23N5O3S. The van der Waals surface area contributed by atoms with Gasteiger partial charge in [0.15, 0.2) is 5.82 Å². The Bertz CT molecular complexity index is 1050. The van der Waals surface area contributed by atoms with Gasteiger partial charge in [-0.3, -0.25) is 4.79 Å². The molecule has 9 heteroatoms. The van der Waals surface area contributed by atoms with Crippen LogP contribution in [0.25, 0.3) is 0 Å². The molecule has 1 aromatic carbocycles. The first-order valence-corrected chi connectivity index (χ1v) is 10.9. The minimum atomic E-state index is -0.754. The van der Waals surface area contributed by atoms with Gasteiger partial charge in [-0.15, -0.1) is 0 Å². The van der Waals surface area contributed by atoms with E-state index in [1.165, 1.54) is 0 Å². The van der Waals surface area contributed by atoms with E-state index in [2.05, 4.69) is 43.8 Å². The summed E-state index contributed by atoms with van der Waals surface area (Å²) in [7, 11) is 0. The number of carbonyl (C=O) groups is 1. The monoisotopic (exact) mass is 437 g/mol. The van der Waals surface area contributed by atoms with Crippen molar-refractivity contribution in [3.8, 4) is 5.88 Å². The van der Waals surface area contributed by atoms with Crippen LogP contribution < -0.4 is 15.4 Å². The third kappa shape index (κ3) is 5.85. The summed E-state index contributed by atoms with van der Waals surface area (Å²) in [5, 5.41) is 16.2. The van der Waals surface area contributed by atoms with Crippen molar-refractivity contribution >= 4 is 34.9 Å². The van der Waals surface area contributed by atoms with E-state index in [1.54, 1.807) is 30.4 Å². The molecule has 0 saturated carbocycles. The standard InChI is InChI=1S/C22H23N5O3S/c28-20(29)4-2-1-3-11-30-19-8-6-16(14-26-19)25-13-15-5-7-18-17(12-15)27-21-22(31-18)24-10-9-23-21/h5-10,12,14,25H,1-4,11,13H2,(H,23,27)(H,28,29). The second-order valence-corrected chi connectivity index (χ2v) is 8.09. The molecule has 0 radical (unpaired) electrons. The van der Waals surface area contributed by atoms with E-state index in [4.69, 9.17) is 9.84 Å². The number of carboxylic acids is 1. The van der Waals surface area contributed by atoms with Crippen molar-refractivity contribution in [3.05, 3.63) is 54.5 Å². The van der Waals surface area contributed by atoms with Crippen LogP contribution in [-0.2, 0) is 11.3 Å². The van der Waals surface area contributed by atoms with Crippen molar-refractivity contribution in [2.24, 2.45) is 0 Å². The van der Waals surface area contributed by atoms with E-state index in [-0.39, 0.29) is 6.42 Å². The minimum absolute atomic E-state index is 0.207. The van der Waals surface area contributed by atoms with Crippen molar-refractivity contribution in [1.82, 2.24) is 15.0 Å². The Morgan fingerprint density at radius 3 is 2.84 bits per heavy atom. The summed E-state index contributed by atoms with van der Waals surface area (Å²) in [6.45, 7) is 1.20. The second-order valence-electron chi connectivity index (χ2n) is 7.06. The molecule has 0 bridgehead atoms. The molecule has 2 aromatic heterocycles. The van der Waals surface area contributed by atoms with Crippen LogP contribution in [0.5, 0.6) is 5.88 Å². The number of carboxylic acid groups (broad SMARTS) is 1. The van der Waals surface area contributed by atoms with Gasteiger partial charge in [-0.25, -0.2) is 15.0 Å². The summed E-state index contributed by atoms with van der Waals surface area (Å²) in [4.78, 5) is 24.6. The van der Waals surface area contributed by atoms with Crippen LogP contribution in [0.3, 0.4) is 0 Å². The highest BCUT2D eigenvalue weighted by molar-refractivity contribution is 7.99. The van der Waals surface area contributed by atoms with Crippen LogP contribution in [0, 0.1) is 0 Å². The molecule has 0 saturated heterocycles.